The van der Waals surface area contributed by atoms with Crippen molar-refractivity contribution in [3.63, 3.8) is 0 Å². The van der Waals surface area contributed by atoms with Crippen LogP contribution in [0.15, 0.2) is 18.2 Å². The van der Waals surface area contributed by atoms with Crippen LogP contribution in [-0.4, -0.2) is 36.4 Å². The quantitative estimate of drug-likeness (QED) is 0.416. The van der Waals surface area contributed by atoms with E-state index in [1.54, 1.807) is 13.1 Å². The molecule has 0 aromatic heterocycles. The van der Waals surface area contributed by atoms with Crippen LogP contribution in [0.4, 0.5) is 11.4 Å². The van der Waals surface area contributed by atoms with Gasteiger partial charge in [-0.05, 0) is 30.9 Å². The third kappa shape index (κ3) is 5.26. The van der Waals surface area contributed by atoms with Gasteiger partial charge >= 0.3 is 0 Å². The number of thioether (sulfide) groups is 1. The third-order valence-electron chi connectivity index (χ3n) is 3.04. The number of nitrogens with one attached hydrogen (secondary N) is 2. The van der Waals surface area contributed by atoms with E-state index in [9.17, 15) is 14.9 Å². The lowest BCUT2D eigenvalue weighted by atomic mass is 10.1. The van der Waals surface area contributed by atoms with E-state index in [1.165, 1.54) is 12.1 Å². The third-order valence-corrected chi connectivity index (χ3v) is 3.74. The highest BCUT2D eigenvalue weighted by atomic mass is 32.2. The van der Waals surface area contributed by atoms with E-state index in [4.69, 9.17) is 0 Å². The number of nitrogens with zero attached hydrogens (tertiary/aromatic N) is 1. The van der Waals surface area contributed by atoms with Crippen molar-refractivity contribution < 1.29 is 9.72 Å². The molecule has 0 heterocycles. The zero-order chi connectivity index (χ0) is 15.7. The molecule has 0 fully saturated rings. The number of carbonyl (C=O) groups is 1. The summed E-state index contributed by atoms with van der Waals surface area (Å²) < 4.78 is 0. The molecule has 0 unspecified atom stereocenters. The van der Waals surface area contributed by atoms with Crippen LogP contribution < -0.4 is 10.6 Å². The molecule has 1 rings (SSSR count). The number of nitro groups is 1. The number of anilines is 1. The van der Waals surface area contributed by atoms with Crippen LogP contribution in [-0.2, 0) is 0 Å². The van der Waals surface area contributed by atoms with Crippen LogP contribution in [0, 0.1) is 10.1 Å². The molecule has 0 aliphatic rings. The summed E-state index contributed by atoms with van der Waals surface area (Å²) in [5.41, 5.74) is 0.461. The zero-order valence-corrected chi connectivity index (χ0v) is 13.2. The van der Waals surface area contributed by atoms with Gasteiger partial charge in [-0.15, -0.1) is 0 Å². The number of para-hydroxylation sites is 1. The first-order valence-corrected chi connectivity index (χ1v) is 8.23. The Bertz CT molecular complexity index is 494. The summed E-state index contributed by atoms with van der Waals surface area (Å²) in [6, 6.07) is 4.49. The van der Waals surface area contributed by atoms with Crippen LogP contribution in [0.5, 0.6) is 0 Å². The topological polar surface area (TPSA) is 84.3 Å². The van der Waals surface area contributed by atoms with E-state index < -0.39 is 4.92 Å². The summed E-state index contributed by atoms with van der Waals surface area (Å²) >= 11 is 1.81. The van der Waals surface area contributed by atoms with Gasteiger partial charge in [-0.1, -0.05) is 12.5 Å². The first-order chi connectivity index (χ1) is 10.1. The molecule has 21 heavy (non-hydrogen) atoms. The molecule has 2 N–H and O–H groups in total. The van der Waals surface area contributed by atoms with E-state index >= 15 is 0 Å². The number of benzene rings is 1. The highest BCUT2D eigenvalue weighted by molar-refractivity contribution is 7.98. The summed E-state index contributed by atoms with van der Waals surface area (Å²) in [4.78, 5) is 22.6. The van der Waals surface area contributed by atoms with Crippen molar-refractivity contribution in [1.82, 2.24) is 5.32 Å². The van der Waals surface area contributed by atoms with Gasteiger partial charge in [-0.3, -0.25) is 14.9 Å². The average Bonchev–Trinajstić information content (AvgIpc) is 2.49. The molecule has 0 radical (unpaired) electrons. The molecule has 0 aliphatic heterocycles. The summed E-state index contributed by atoms with van der Waals surface area (Å²) in [6.45, 7) is 0.582. The molecule has 0 saturated heterocycles. The average molecular weight is 311 g/mol. The number of hydrogen-bond donors (Lipinski definition) is 2. The fourth-order valence-electron chi connectivity index (χ4n) is 1.99. The molecule has 1 aromatic carbocycles. The minimum Gasteiger partial charge on any atom is -0.382 e. The van der Waals surface area contributed by atoms with Crippen molar-refractivity contribution >= 4 is 29.0 Å². The van der Waals surface area contributed by atoms with Gasteiger partial charge in [0.25, 0.3) is 11.6 Å². The van der Waals surface area contributed by atoms with Crippen LogP contribution in [0.25, 0.3) is 0 Å². The van der Waals surface area contributed by atoms with Gasteiger partial charge in [0, 0.05) is 19.7 Å². The van der Waals surface area contributed by atoms with Crippen molar-refractivity contribution in [2.75, 3.05) is 30.9 Å². The minimum absolute atomic E-state index is 0.0925. The van der Waals surface area contributed by atoms with Gasteiger partial charge in [-0.25, -0.2) is 0 Å². The molecule has 1 aromatic rings. The predicted octanol–water partition coefficient (Wildman–Crippen LogP) is 2.90. The maximum Gasteiger partial charge on any atom is 0.293 e. The molecule has 116 valence electrons. The van der Waals surface area contributed by atoms with Gasteiger partial charge < -0.3 is 10.6 Å². The number of carbonyl (C=O) groups excluding carboxylic acids is 1. The number of unbranched alkanes of at least 4 members (excludes halogenated alkanes) is 2. The zero-order valence-electron chi connectivity index (χ0n) is 12.3. The molecule has 0 atom stereocenters. The van der Waals surface area contributed by atoms with Gasteiger partial charge in [0.1, 0.15) is 5.69 Å². The van der Waals surface area contributed by atoms with Crippen LogP contribution in [0.1, 0.15) is 29.6 Å². The van der Waals surface area contributed by atoms with Crippen LogP contribution >= 0.6 is 11.8 Å². The second kappa shape index (κ2) is 9.23. The molecular formula is C14H21N3O3S. The maximum absolute atomic E-state index is 12.1. The van der Waals surface area contributed by atoms with Crippen molar-refractivity contribution in [2.24, 2.45) is 0 Å². The normalized spacial score (nSPS) is 10.2. The van der Waals surface area contributed by atoms with E-state index in [2.05, 4.69) is 16.9 Å². The first kappa shape index (κ1) is 17.3. The van der Waals surface area contributed by atoms with Crippen molar-refractivity contribution in [3.05, 3.63) is 33.9 Å². The van der Waals surface area contributed by atoms with Crippen LogP contribution in [0.2, 0.25) is 0 Å². The molecule has 0 aliphatic carbocycles. The second-order valence-electron chi connectivity index (χ2n) is 4.52. The SMILES string of the molecule is CNc1c(C(=O)NCCCCCSC)cccc1[N+](=O)[O-]. The second-order valence-corrected chi connectivity index (χ2v) is 5.50. The van der Waals surface area contributed by atoms with Crippen LogP contribution in [0.3, 0.4) is 0 Å². The largest absolute Gasteiger partial charge is 0.382 e. The molecule has 7 heteroatoms. The maximum atomic E-state index is 12.1. The Morgan fingerprint density at radius 2 is 2.10 bits per heavy atom. The van der Waals surface area contributed by atoms with E-state index in [0.717, 1.165) is 25.0 Å². The molecular weight excluding hydrogens is 290 g/mol. The van der Waals surface area contributed by atoms with Gasteiger partial charge in [0.15, 0.2) is 0 Å². The summed E-state index contributed by atoms with van der Waals surface area (Å²) in [7, 11) is 1.57. The number of hydrogen-bond acceptors (Lipinski definition) is 5. The molecule has 0 spiro atoms. The Hall–Kier alpha value is -1.76. The first-order valence-electron chi connectivity index (χ1n) is 6.84. The Labute approximate surface area is 128 Å². The van der Waals surface area contributed by atoms with Gasteiger partial charge in [0.2, 0.25) is 0 Å². The molecule has 6 nitrogen and oxygen atoms in total. The van der Waals surface area contributed by atoms with Gasteiger partial charge in [-0.2, -0.15) is 11.8 Å². The lowest BCUT2D eigenvalue weighted by molar-refractivity contribution is -0.384. The van der Waals surface area contributed by atoms with Crippen molar-refractivity contribution in [1.29, 1.82) is 0 Å². The monoisotopic (exact) mass is 311 g/mol. The predicted molar refractivity (Wildman–Crippen MR) is 87.2 cm³/mol. The number of amides is 1. The van der Waals surface area contributed by atoms with E-state index in [0.29, 0.717) is 12.1 Å². The Kier molecular flexibility index (Phi) is 7.60. The summed E-state index contributed by atoms with van der Waals surface area (Å²) in [5, 5.41) is 16.5. The fraction of sp³-hybridized carbons (Fsp3) is 0.500. The van der Waals surface area contributed by atoms with Crippen molar-refractivity contribution in [3.8, 4) is 0 Å². The highest BCUT2D eigenvalue weighted by Crippen LogP contribution is 2.27. The van der Waals surface area contributed by atoms with Gasteiger partial charge in [0.05, 0.1) is 10.5 Å². The molecule has 1 amide bonds. The Morgan fingerprint density at radius 3 is 2.71 bits per heavy atom. The fourth-order valence-corrected chi connectivity index (χ4v) is 2.48. The standard InChI is InChI=1S/C14H21N3O3S/c1-15-13-11(7-6-8-12(13)17(19)20)14(18)16-9-4-3-5-10-21-2/h6-8,15H,3-5,9-10H2,1-2H3,(H,16,18). The minimum atomic E-state index is -0.495. The molecule has 0 saturated carbocycles. The Morgan fingerprint density at radius 1 is 1.33 bits per heavy atom. The Balaban J connectivity index is 2.62. The number of nitro benzene ring substituents is 1. The lowest BCUT2D eigenvalue weighted by Crippen LogP contribution is -2.25. The number of rotatable bonds is 9. The molecule has 0 bridgehead atoms. The lowest BCUT2D eigenvalue weighted by Gasteiger charge is -2.10. The summed E-state index contributed by atoms with van der Waals surface area (Å²) in [6.07, 6.45) is 5.18. The smallest absolute Gasteiger partial charge is 0.293 e. The van der Waals surface area contributed by atoms with Crippen molar-refractivity contribution in [2.45, 2.75) is 19.3 Å². The van der Waals surface area contributed by atoms with E-state index in [-0.39, 0.29) is 17.3 Å². The van der Waals surface area contributed by atoms with E-state index in [1.807, 2.05) is 11.8 Å². The highest BCUT2D eigenvalue weighted by Gasteiger charge is 2.20. The summed E-state index contributed by atoms with van der Waals surface area (Å²) in [5.74, 6) is 0.843.